The second-order valence-electron chi connectivity index (χ2n) is 7.21. The Hall–Kier alpha value is -3.58. The Morgan fingerprint density at radius 2 is 1.84 bits per heavy atom. The Morgan fingerprint density at radius 3 is 2.55 bits per heavy atom. The number of benzene rings is 2. The maximum absolute atomic E-state index is 13.4. The largest absolute Gasteiger partial charge is 0.503 e. The number of hydrogen-bond acceptors (Lipinski definition) is 5. The molecule has 1 unspecified atom stereocenters. The van der Waals surface area contributed by atoms with Crippen molar-refractivity contribution in [2.75, 3.05) is 0 Å². The molecule has 1 atom stereocenters. The van der Waals surface area contributed by atoms with E-state index in [1.807, 2.05) is 42.5 Å². The third-order valence-electron chi connectivity index (χ3n) is 5.29. The lowest BCUT2D eigenvalue weighted by atomic mass is 9.95. The molecule has 0 radical (unpaired) electrons. The SMILES string of the molecule is O=C(C1=C(O)C(=O)N(Cc2ccco2)C1c1ccc(Br)cc1)c1cc2ccccc2o1. The third-order valence-corrected chi connectivity index (χ3v) is 5.82. The lowest BCUT2D eigenvalue weighted by Crippen LogP contribution is -2.30. The number of fused-ring (bicyclic) bond motifs is 1. The zero-order valence-electron chi connectivity index (χ0n) is 16.1. The van der Waals surface area contributed by atoms with Crippen molar-refractivity contribution >= 4 is 38.6 Å². The molecular weight excluding hydrogens is 462 g/mol. The van der Waals surface area contributed by atoms with Gasteiger partial charge in [0.05, 0.1) is 24.4 Å². The number of ketones is 1. The first-order chi connectivity index (χ1) is 15.0. The molecule has 31 heavy (non-hydrogen) atoms. The van der Waals surface area contributed by atoms with Gasteiger partial charge in [-0.3, -0.25) is 9.59 Å². The number of halogens is 1. The van der Waals surface area contributed by atoms with Crippen LogP contribution in [0, 0.1) is 0 Å². The van der Waals surface area contributed by atoms with E-state index in [9.17, 15) is 14.7 Å². The van der Waals surface area contributed by atoms with Crippen LogP contribution in [0.15, 0.2) is 97.6 Å². The van der Waals surface area contributed by atoms with Crippen molar-refractivity contribution in [2.45, 2.75) is 12.6 Å². The van der Waals surface area contributed by atoms with Gasteiger partial charge < -0.3 is 18.8 Å². The number of carbonyl (C=O) groups is 2. The number of hydrogen-bond donors (Lipinski definition) is 1. The number of rotatable bonds is 5. The quantitative estimate of drug-likeness (QED) is 0.380. The highest BCUT2D eigenvalue weighted by Crippen LogP contribution is 2.40. The standard InChI is InChI=1S/C24H16BrNO5/c25-16-9-7-14(8-10-16)21-20(22(27)19-12-15-4-1-2-6-18(15)31-19)23(28)24(29)26(21)13-17-5-3-11-30-17/h1-12,21,28H,13H2. The molecule has 0 saturated carbocycles. The molecule has 6 nitrogen and oxygen atoms in total. The summed E-state index contributed by atoms with van der Waals surface area (Å²) < 4.78 is 12.0. The topological polar surface area (TPSA) is 83.9 Å². The van der Waals surface area contributed by atoms with Crippen LogP contribution in [0.4, 0.5) is 0 Å². The van der Waals surface area contributed by atoms with Crippen LogP contribution < -0.4 is 0 Å². The van der Waals surface area contributed by atoms with Gasteiger partial charge in [-0.1, -0.05) is 46.3 Å². The van der Waals surface area contributed by atoms with Gasteiger partial charge in [0.25, 0.3) is 5.91 Å². The van der Waals surface area contributed by atoms with Gasteiger partial charge in [0.15, 0.2) is 11.5 Å². The van der Waals surface area contributed by atoms with Crippen molar-refractivity contribution in [1.29, 1.82) is 0 Å². The van der Waals surface area contributed by atoms with Crippen LogP contribution in [0.2, 0.25) is 0 Å². The number of aliphatic hydroxyl groups excluding tert-OH is 1. The van der Waals surface area contributed by atoms with E-state index in [-0.39, 0.29) is 17.9 Å². The molecule has 1 amide bonds. The van der Waals surface area contributed by atoms with Crippen molar-refractivity contribution in [3.05, 3.63) is 106 Å². The van der Waals surface area contributed by atoms with E-state index in [1.165, 1.54) is 11.2 Å². The van der Waals surface area contributed by atoms with Crippen molar-refractivity contribution in [3.8, 4) is 0 Å². The molecule has 4 aromatic rings. The van der Waals surface area contributed by atoms with Gasteiger partial charge >= 0.3 is 0 Å². The first-order valence-electron chi connectivity index (χ1n) is 9.58. The van der Waals surface area contributed by atoms with Gasteiger partial charge in [-0.05, 0) is 42.0 Å². The summed E-state index contributed by atoms with van der Waals surface area (Å²) in [6.07, 6.45) is 1.51. The van der Waals surface area contributed by atoms with Crippen LogP contribution in [-0.4, -0.2) is 21.7 Å². The molecule has 0 fully saturated rings. The van der Waals surface area contributed by atoms with E-state index in [0.717, 1.165) is 9.86 Å². The number of Topliss-reactive ketones (excluding diaryl/α,β-unsaturated/α-hetero) is 1. The van der Waals surface area contributed by atoms with E-state index < -0.39 is 23.5 Å². The number of carbonyl (C=O) groups excluding carboxylic acids is 2. The maximum atomic E-state index is 13.4. The monoisotopic (exact) mass is 477 g/mol. The van der Waals surface area contributed by atoms with E-state index in [2.05, 4.69) is 15.9 Å². The zero-order valence-corrected chi connectivity index (χ0v) is 17.7. The summed E-state index contributed by atoms with van der Waals surface area (Å²) in [5.41, 5.74) is 1.23. The van der Waals surface area contributed by atoms with Crippen LogP contribution in [0.3, 0.4) is 0 Å². The molecule has 7 heteroatoms. The highest BCUT2D eigenvalue weighted by Gasteiger charge is 2.44. The van der Waals surface area contributed by atoms with Gasteiger partial charge in [0, 0.05) is 9.86 Å². The second kappa shape index (κ2) is 7.59. The molecule has 1 aliphatic rings. The highest BCUT2D eigenvalue weighted by molar-refractivity contribution is 9.10. The highest BCUT2D eigenvalue weighted by atomic mass is 79.9. The summed E-state index contributed by atoms with van der Waals surface area (Å²) in [5.74, 6) is -1.14. The molecule has 3 heterocycles. The number of aliphatic hydroxyl groups is 1. The van der Waals surface area contributed by atoms with Crippen molar-refractivity contribution in [3.63, 3.8) is 0 Å². The van der Waals surface area contributed by atoms with E-state index in [1.54, 1.807) is 24.3 Å². The molecule has 154 valence electrons. The van der Waals surface area contributed by atoms with Crippen molar-refractivity contribution < 1.29 is 23.5 Å². The fourth-order valence-electron chi connectivity index (χ4n) is 3.84. The zero-order chi connectivity index (χ0) is 21.5. The van der Waals surface area contributed by atoms with Crippen LogP contribution in [0.1, 0.15) is 27.9 Å². The van der Waals surface area contributed by atoms with Crippen LogP contribution in [0.5, 0.6) is 0 Å². The smallest absolute Gasteiger partial charge is 0.290 e. The van der Waals surface area contributed by atoms with Crippen molar-refractivity contribution in [1.82, 2.24) is 4.90 Å². The third kappa shape index (κ3) is 3.37. The van der Waals surface area contributed by atoms with Gasteiger partial charge in [-0.15, -0.1) is 0 Å². The molecule has 0 spiro atoms. The first-order valence-corrected chi connectivity index (χ1v) is 10.4. The Balaban J connectivity index is 1.61. The molecule has 5 rings (SSSR count). The van der Waals surface area contributed by atoms with Crippen LogP contribution in [-0.2, 0) is 11.3 Å². The summed E-state index contributed by atoms with van der Waals surface area (Å²) >= 11 is 3.40. The second-order valence-corrected chi connectivity index (χ2v) is 8.12. The number of amides is 1. The van der Waals surface area contributed by atoms with E-state index >= 15 is 0 Å². The Kier molecular flexibility index (Phi) is 4.75. The summed E-state index contributed by atoms with van der Waals surface area (Å²) in [4.78, 5) is 27.9. The number of nitrogens with zero attached hydrogens (tertiary/aromatic N) is 1. The minimum atomic E-state index is -0.786. The minimum absolute atomic E-state index is 0.0158. The average molecular weight is 478 g/mol. The normalized spacial score (nSPS) is 16.5. The summed E-state index contributed by atoms with van der Waals surface area (Å²) in [5, 5.41) is 11.5. The predicted molar refractivity (Wildman–Crippen MR) is 116 cm³/mol. The summed E-state index contributed by atoms with van der Waals surface area (Å²) in [6, 6.07) is 18.8. The molecule has 1 aliphatic heterocycles. The van der Waals surface area contributed by atoms with Gasteiger partial charge in [0.1, 0.15) is 11.3 Å². The minimum Gasteiger partial charge on any atom is -0.503 e. The molecule has 0 saturated heterocycles. The molecule has 2 aromatic heterocycles. The van der Waals surface area contributed by atoms with E-state index in [0.29, 0.717) is 16.9 Å². The maximum Gasteiger partial charge on any atom is 0.290 e. The lowest BCUT2D eigenvalue weighted by Gasteiger charge is -2.25. The molecular formula is C24H16BrNO5. The first kappa shape index (κ1) is 19.4. The fraction of sp³-hybridized carbons (Fsp3) is 0.0833. The molecule has 0 aliphatic carbocycles. The predicted octanol–water partition coefficient (Wildman–Crippen LogP) is 5.57. The number of para-hydroxylation sites is 1. The van der Waals surface area contributed by atoms with Crippen LogP contribution in [0.25, 0.3) is 11.0 Å². The average Bonchev–Trinajstić information content (AvgIpc) is 3.49. The fourth-order valence-corrected chi connectivity index (χ4v) is 4.10. The van der Waals surface area contributed by atoms with E-state index in [4.69, 9.17) is 8.83 Å². The summed E-state index contributed by atoms with van der Waals surface area (Å²) in [6.45, 7) is 0.105. The molecule has 2 aromatic carbocycles. The molecule has 0 bridgehead atoms. The summed E-state index contributed by atoms with van der Waals surface area (Å²) in [7, 11) is 0. The van der Waals surface area contributed by atoms with Crippen LogP contribution >= 0.6 is 15.9 Å². The Bertz CT molecular complexity index is 1280. The van der Waals surface area contributed by atoms with Gasteiger partial charge in [0.2, 0.25) is 5.78 Å². The number of furan rings is 2. The Morgan fingerprint density at radius 1 is 1.06 bits per heavy atom. The van der Waals surface area contributed by atoms with Gasteiger partial charge in [-0.25, -0.2) is 0 Å². The van der Waals surface area contributed by atoms with Crippen molar-refractivity contribution in [2.24, 2.45) is 0 Å². The lowest BCUT2D eigenvalue weighted by molar-refractivity contribution is -0.130. The molecule has 1 N–H and O–H groups in total. The Labute approximate surface area is 185 Å². The van der Waals surface area contributed by atoms with Gasteiger partial charge in [-0.2, -0.15) is 0 Å².